The second-order valence-corrected chi connectivity index (χ2v) is 7.30. The quantitative estimate of drug-likeness (QED) is 0.280. The van der Waals surface area contributed by atoms with Crippen molar-refractivity contribution in [1.29, 1.82) is 0 Å². The standard InChI is InChI=1S/C10H19NO6S.C8H11N/c1-4-6-16-8-11(9(3)5-2)18(14,15)17-10(13)7-12;1-6-4-3-5-7(2)8(6)9/h4,9,12H,1,5-8H2,2-3H3;3-5H,9H2,1-2H3. The summed E-state index contributed by atoms with van der Waals surface area (Å²) in [6.07, 6.45) is 1.99. The molecule has 0 amide bonds. The maximum atomic E-state index is 11.8. The van der Waals surface area contributed by atoms with E-state index in [0.29, 0.717) is 6.42 Å². The fourth-order valence-electron chi connectivity index (χ4n) is 1.86. The molecule has 1 rings (SSSR count). The molecule has 9 heteroatoms. The number of aryl methyl sites for hydroxylation is 2. The van der Waals surface area contributed by atoms with Crippen LogP contribution in [0.2, 0.25) is 0 Å². The van der Waals surface area contributed by atoms with Crippen LogP contribution in [-0.2, 0) is 24.0 Å². The highest BCUT2D eigenvalue weighted by Crippen LogP contribution is 2.14. The van der Waals surface area contributed by atoms with Gasteiger partial charge >= 0.3 is 16.3 Å². The first-order valence-electron chi connectivity index (χ1n) is 8.45. The van der Waals surface area contributed by atoms with Crippen molar-refractivity contribution in [2.45, 2.75) is 40.2 Å². The van der Waals surface area contributed by atoms with E-state index in [4.69, 9.17) is 15.6 Å². The first-order chi connectivity index (χ1) is 12.6. The Morgan fingerprint density at radius 1 is 1.37 bits per heavy atom. The number of aliphatic hydroxyl groups excluding tert-OH is 1. The Balaban J connectivity index is 0.000000621. The van der Waals surface area contributed by atoms with Gasteiger partial charge < -0.3 is 19.8 Å². The lowest BCUT2D eigenvalue weighted by Gasteiger charge is -2.25. The Kier molecular flexibility index (Phi) is 11.6. The van der Waals surface area contributed by atoms with E-state index in [1.165, 1.54) is 6.08 Å². The van der Waals surface area contributed by atoms with Gasteiger partial charge in [-0.1, -0.05) is 31.2 Å². The molecule has 27 heavy (non-hydrogen) atoms. The lowest BCUT2D eigenvalue weighted by atomic mass is 10.1. The van der Waals surface area contributed by atoms with E-state index >= 15 is 0 Å². The Bertz CT molecular complexity index is 686. The van der Waals surface area contributed by atoms with Gasteiger partial charge in [0.15, 0.2) is 0 Å². The van der Waals surface area contributed by atoms with Crippen molar-refractivity contribution >= 4 is 22.0 Å². The van der Waals surface area contributed by atoms with Crippen molar-refractivity contribution in [3.63, 3.8) is 0 Å². The number of nitrogens with two attached hydrogens (primary N) is 1. The molecule has 0 aromatic heterocycles. The molecule has 1 unspecified atom stereocenters. The summed E-state index contributed by atoms with van der Waals surface area (Å²) in [7, 11) is -4.26. The number of nitrogen functional groups attached to an aromatic ring is 1. The van der Waals surface area contributed by atoms with Crippen LogP contribution in [0.3, 0.4) is 0 Å². The molecule has 0 heterocycles. The molecular formula is C18H30N2O6S. The molecule has 0 radical (unpaired) electrons. The Morgan fingerprint density at radius 2 is 1.93 bits per heavy atom. The number of carbonyl (C=O) groups excluding carboxylic acids is 1. The van der Waals surface area contributed by atoms with Gasteiger partial charge in [-0.05, 0) is 38.3 Å². The number of aliphatic hydroxyl groups is 1. The Labute approximate surface area is 161 Å². The van der Waals surface area contributed by atoms with E-state index in [-0.39, 0.29) is 13.3 Å². The molecule has 0 saturated heterocycles. The SMILES string of the molecule is C=CCOCN(C(C)CC)S(=O)(=O)OC(=O)CO.Cc1cccc(C)c1N. The smallest absolute Gasteiger partial charge is 0.389 e. The fraction of sp³-hybridized carbons (Fsp3) is 0.500. The molecule has 1 aromatic carbocycles. The monoisotopic (exact) mass is 402 g/mol. The van der Waals surface area contributed by atoms with Gasteiger partial charge in [-0.15, -0.1) is 10.9 Å². The fourth-order valence-corrected chi connectivity index (χ4v) is 3.04. The van der Waals surface area contributed by atoms with Crippen LogP contribution >= 0.6 is 0 Å². The molecule has 154 valence electrons. The number of ether oxygens (including phenoxy) is 1. The molecule has 1 atom stereocenters. The summed E-state index contributed by atoms with van der Waals surface area (Å²) in [6.45, 7) is 9.84. The zero-order valence-corrected chi connectivity index (χ0v) is 17.2. The van der Waals surface area contributed by atoms with Crippen molar-refractivity contribution in [3.8, 4) is 0 Å². The maximum absolute atomic E-state index is 11.8. The third-order valence-corrected chi connectivity index (χ3v) is 5.13. The van der Waals surface area contributed by atoms with Crippen molar-refractivity contribution in [3.05, 3.63) is 42.0 Å². The van der Waals surface area contributed by atoms with Crippen molar-refractivity contribution < 1.29 is 27.2 Å². The van der Waals surface area contributed by atoms with Gasteiger partial charge in [0.2, 0.25) is 0 Å². The van der Waals surface area contributed by atoms with Crippen molar-refractivity contribution in [2.24, 2.45) is 0 Å². The highest BCUT2D eigenvalue weighted by molar-refractivity contribution is 7.84. The number of para-hydroxylation sites is 1. The second kappa shape index (κ2) is 12.4. The van der Waals surface area contributed by atoms with E-state index < -0.39 is 28.9 Å². The number of benzene rings is 1. The van der Waals surface area contributed by atoms with E-state index in [2.05, 4.69) is 10.8 Å². The zero-order chi connectivity index (χ0) is 21.0. The highest BCUT2D eigenvalue weighted by atomic mass is 32.2. The molecular weight excluding hydrogens is 372 g/mol. The van der Waals surface area contributed by atoms with Crippen LogP contribution in [0.25, 0.3) is 0 Å². The van der Waals surface area contributed by atoms with E-state index in [1.54, 1.807) is 13.8 Å². The summed E-state index contributed by atoms with van der Waals surface area (Å²) in [6, 6.07) is 5.65. The number of carbonyl (C=O) groups is 1. The molecule has 1 aromatic rings. The Morgan fingerprint density at radius 3 is 2.33 bits per heavy atom. The first-order valence-corrected chi connectivity index (χ1v) is 9.82. The van der Waals surface area contributed by atoms with Crippen LogP contribution in [0, 0.1) is 13.8 Å². The molecule has 0 aliphatic carbocycles. The maximum Gasteiger partial charge on any atom is 0.389 e. The summed E-state index contributed by atoms with van der Waals surface area (Å²) >= 11 is 0. The second-order valence-electron chi connectivity index (χ2n) is 5.81. The zero-order valence-electron chi connectivity index (χ0n) is 16.3. The van der Waals surface area contributed by atoms with Gasteiger partial charge in [0.25, 0.3) is 0 Å². The van der Waals surface area contributed by atoms with Gasteiger partial charge in [0.05, 0.1) is 6.61 Å². The van der Waals surface area contributed by atoms with Gasteiger partial charge in [0, 0.05) is 11.7 Å². The predicted molar refractivity (Wildman–Crippen MR) is 105 cm³/mol. The molecule has 0 bridgehead atoms. The molecule has 0 saturated carbocycles. The summed E-state index contributed by atoms with van der Waals surface area (Å²) in [5, 5.41) is 8.49. The van der Waals surface area contributed by atoms with Crippen LogP contribution in [-0.4, -0.2) is 49.8 Å². The van der Waals surface area contributed by atoms with Gasteiger partial charge in [0.1, 0.15) is 13.3 Å². The lowest BCUT2D eigenvalue weighted by molar-refractivity contribution is -0.137. The predicted octanol–water partition coefficient (Wildman–Crippen LogP) is 1.91. The number of anilines is 1. The topological polar surface area (TPSA) is 119 Å². The van der Waals surface area contributed by atoms with Gasteiger partial charge in [-0.25, -0.2) is 4.79 Å². The minimum atomic E-state index is -4.26. The number of nitrogens with zero attached hydrogens (tertiary/aromatic N) is 1. The first kappa shape index (κ1) is 25.1. The van der Waals surface area contributed by atoms with E-state index in [1.807, 2.05) is 32.0 Å². The van der Waals surface area contributed by atoms with Crippen molar-refractivity contribution in [1.82, 2.24) is 4.31 Å². The molecule has 0 aliphatic heterocycles. The third-order valence-electron chi connectivity index (χ3n) is 3.69. The average molecular weight is 403 g/mol. The van der Waals surface area contributed by atoms with Crippen molar-refractivity contribution in [2.75, 3.05) is 25.7 Å². The van der Waals surface area contributed by atoms with Gasteiger partial charge in [-0.3, -0.25) is 0 Å². The van der Waals surface area contributed by atoms with Crippen LogP contribution in [0.4, 0.5) is 5.69 Å². The number of hydrogen-bond donors (Lipinski definition) is 2. The van der Waals surface area contributed by atoms with E-state index in [9.17, 15) is 13.2 Å². The Hall–Kier alpha value is -1.94. The van der Waals surface area contributed by atoms with Crippen LogP contribution in [0.15, 0.2) is 30.9 Å². The van der Waals surface area contributed by atoms with Crippen LogP contribution < -0.4 is 5.73 Å². The minimum absolute atomic E-state index is 0.177. The largest absolute Gasteiger partial charge is 0.398 e. The summed E-state index contributed by atoms with van der Waals surface area (Å²) < 4.78 is 33.7. The number of rotatable bonds is 9. The summed E-state index contributed by atoms with van der Waals surface area (Å²) in [4.78, 5) is 10.8. The molecule has 0 aliphatic rings. The van der Waals surface area contributed by atoms with E-state index in [0.717, 1.165) is 21.1 Å². The average Bonchev–Trinajstić information content (AvgIpc) is 2.62. The van der Waals surface area contributed by atoms with Crippen LogP contribution in [0.5, 0.6) is 0 Å². The molecule has 0 spiro atoms. The third kappa shape index (κ3) is 9.00. The van der Waals surface area contributed by atoms with Crippen LogP contribution in [0.1, 0.15) is 31.4 Å². The minimum Gasteiger partial charge on any atom is -0.398 e. The molecule has 3 N–H and O–H groups in total. The summed E-state index contributed by atoms with van der Waals surface area (Å²) in [5.74, 6) is -1.23. The number of hydrogen-bond acceptors (Lipinski definition) is 7. The highest BCUT2D eigenvalue weighted by Gasteiger charge is 2.30. The molecule has 0 fully saturated rings. The lowest BCUT2D eigenvalue weighted by Crippen LogP contribution is -2.42. The molecule has 8 nitrogen and oxygen atoms in total. The normalized spacial score (nSPS) is 12.1. The van der Waals surface area contributed by atoms with Gasteiger partial charge in [-0.2, -0.15) is 8.42 Å². The summed E-state index contributed by atoms with van der Waals surface area (Å²) in [5.41, 5.74) is 8.92.